The van der Waals surface area contributed by atoms with Gasteiger partial charge in [-0.25, -0.2) is 23.1 Å². The van der Waals surface area contributed by atoms with Crippen molar-refractivity contribution in [2.24, 2.45) is 0 Å². The molecule has 2 aliphatic rings. The third-order valence-corrected chi connectivity index (χ3v) is 8.37. The molecule has 1 aliphatic heterocycles. The van der Waals surface area contributed by atoms with Crippen molar-refractivity contribution in [2.75, 3.05) is 19.3 Å². The van der Waals surface area contributed by atoms with Gasteiger partial charge in [-0.05, 0) is 49.9 Å². The lowest BCUT2D eigenvalue weighted by atomic mass is 9.79. The Bertz CT molecular complexity index is 1320. The number of likely N-dealkylation sites (tertiary alicyclic amines) is 1. The predicted octanol–water partition coefficient (Wildman–Crippen LogP) is 2.85. The standard InChI is InChI=1S/C24H29N5O5S/c1-35(32,33)19-7-5-17(6-8-19)29-21-20(15-27-29)22(26-16-25-21)34-18-9-13-28(14-10-18)24(23(30)31)11-3-2-4-12-24/h5-8,15-16,18H,2-4,9-14H2,1H3,(H,30,31). The minimum Gasteiger partial charge on any atom is -0.480 e. The Morgan fingerprint density at radius 2 is 1.77 bits per heavy atom. The van der Waals surface area contributed by atoms with E-state index in [4.69, 9.17) is 4.74 Å². The van der Waals surface area contributed by atoms with Crippen LogP contribution in [0.5, 0.6) is 5.88 Å². The van der Waals surface area contributed by atoms with Crippen molar-refractivity contribution in [2.45, 2.75) is 61.5 Å². The number of hydrogen-bond acceptors (Lipinski definition) is 8. The molecule has 0 amide bonds. The fraction of sp³-hybridized carbons (Fsp3) is 0.500. The minimum absolute atomic E-state index is 0.0730. The Labute approximate surface area is 203 Å². The number of sulfone groups is 1. The quantitative estimate of drug-likeness (QED) is 0.544. The average Bonchev–Trinajstić information content (AvgIpc) is 3.30. The van der Waals surface area contributed by atoms with Crippen molar-refractivity contribution >= 4 is 26.8 Å². The molecule has 1 aliphatic carbocycles. The fourth-order valence-corrected chi connectivity index (χ4v) is 5.93. The zero-order valence-electron chi connectivity index (χ0n) is 19.6. The molecule has 1 saturated carbocycles. The maximum atomic E-state index is 12.2. The van der Waals surface area contributed by atoms with Crippen molar-refractivity contribution < 1.29 is 23.1 Å². The Kier molecular flexibility index (Phi) is 6.22. The maximum Gasteiger partial charge on any atom is 0.324 e. The molecule has 0 atom stereocenters. The molecule has 2 aromatic heterocycles. The van der Waals surface area contributed by atoms with Crippen molar-refractivity contribution in [1.29, 1.82) is 0 Å². The van der Waals surface area contributed by atoms with Gasteiger partial charge >= 0.3 is 5.97 Å². The van der Waals surface area contributed by atoms with Gasteiger partial charge in [-0.15, -0.1) is 0 Å². The van der Waals surface area contributed by atoms with E-state index in [0.717, 1.165) is 32.1 Å². The second-order valence-corrected chi connectivity index (χ2v) is 11.5. The highest BCUT2D eigenvalue weighted by atomic mass is 32.2. The van der Waals surface area contributed by atoms with E-state index in [2.05, 4.69) is 20.0 Å². The Hall–Kier alpha value is -3.05. The first-order valence-corrected chi connectivity index (χ1v) is 13.8. The summed E-state index contributed by atoms with van der Waals surface area (Å²) in [5.41, 5.74) is 0.502. The van der Waals surface area contributed by atoms with E-state index in [-0.39, 0.29) is 11.0 Å². The van der Waals surface area contributed by atoms with Crippen molar-refractivity contribution in [3.63, 3.8) is 0 Å². The van der Waals surface area contributed by atoms with Gasteiger partial charge in [-0.3, -0.25) is 9.69 Å². The van der Waals surface area contributed by atoms with Crippen molar-refractivity contribution in [3.8, 4) is 11.6 Å². The highest BCUT2D eigenvalue weighted by Gasteiger charge is 2.46. The Morgan fingerprint density at radius 1 is 1.09 bits per heavy atom. The van der Waals surface area contributed by atoms with Crippen LogP contribution in [-0.2, 0) is 14.6 Å². The van der Waals surface area contributed by atoms with E-state index in [1.165, 1.54) is 12.6 Å². The van der Waals surface area contributed by atoms with Crippen LogP contribution in [0.1, 0.15) is 44.9 Å². The highest BCUT2D eigenvalue weighted by Crippen LogP contribution is 2.36. The summed E-state index contributed by atoms with van der Waals surface area (Å²) >= 11 is 0. The van der Waals surface area contributed by atoms with E-state index < -0.39 is 21.3 Å². The summed E-state index contributed by atoms with van der Waals surface area (Å²) in [6.45, 7) is 1.36. The number of carboxylic acids is 1. The first kappa shape index (κ1) is 23.7. The number of benzene rings is 1. The van der Waals surface area contributed by atoms with Crippen LogP contribution in [0.15, 0.2) is 41.7 Å². The van der Waals surface area contributed by atoms with E-state index >= 15 is 0 Å². The van der Waals surface area contributed by atoms with Gasteiger partial charge in [0.25, 0.3) is 0 Å². The van der Waals surface area contributed by atoms with Crippen LogP contribution >= 0.6 is 0 Å². The average molecular weight is 500 g/mol. The molecule has 186 valence electrons. The molecule has 0 unspecified atom stereocenters. The molecule has 1 saturated heterocycles. The number of carboxylic acid groups (broad SMARTS) is 1. The molecule has 35 heavy (non-hydrogen) atoms. The molecule has 0 radical (unpaired) electrons. The number of fused-ring (bicyclic) bond motifs is 1. The molecule has 1 aromatic carbocycles. The molecule has 3 aromatic rings. The van der Waals surface area contributed by atoms with Crippen LogP contribution in [0.3, 0.4) is 0 Å². The molecule has 0 spiro atoms. The lowest BCUT2D eigenvalue weighted by molar-refractivity contribution is -0.156. The van der Waals surface area contributed by atoms with Gasteiger partial charge in [0.1, 0.15) is 23.4 Å². The lowest BCUT2D eigenvalue weighted by Gasteiger charge is -2.46. The van der Waals surface area contributed by atoms with E-state index in [0.29, 0.717) is 48.5 Å². The molecular weight excluding hydrogens is 470 g/mol. The predicted molar refractivity (Wildman–Crippen MR) is 128 cm³/mol. The monoisotopic (exact) mass is 499 g/mol. The summed E-state index contributed by atoms with van der Waals surface area (Å²) in [6, 6.07) is 6.46. The van der Waals surface area contributed by atoms with Crippen LogP contribution in [0.4, 0.5) is 0 Å². The number of ether oxygens (including phenoxy) is 1. The lowest BCUT2D eigenvalue weighted by Crippen LogP contribution is -2.58. The third-order valence-electron chi connectivity index (χ3n) is 7.24. The van der Waals surface area contributed by atoms with E-state index in [9.17, 15) is 18.3 Å². The van der Waals surface area contributed by atoms with Gasteiger partial charge in [0.15, 0.2) is 15.5 Å². The Morgan fingerprint density at radius 3 is 2.40 bits per heavy atom. The molecule has 0 bridgehead atoms. The van der Waals surface area contributed by atoms with Gasteiger partial charge in [0.05, 0.1) is 16.8 Å². The number of aliphatic carboxylic acids is 1. The summed E-state index contributed by atoms with van der Waals surface area (Å²) in [6.07, 6.45) is 10.1. The Balaban J connectivity index is 1.31. The van der Waals surface area contributed by atoms with Crippen LogP contribution in [-0.4, -0.2) is 75.1 Å². The smallest absolute Gasteiger partial charge is 0.324 e. The van der Waals surface area contributed by atoms with Crippen LogP contribution in [0.2, 0.25) is 0 Å². The number of piperidine rings is 1. The summed E-state index contributed by atoms with van der Waals surface area (Å²) in [5.74, 6) is -0.260. The van der Waals surface area contributed by atoms with Crippen LogP contribution in [0, 0.1) is 0 Å². The molecule has 1 N–H and O–H groups in total. The zero-order valence-corrected chi connectivity index (χ0v) is 20.4. The topological polar surface area (TPSA) is 128 Å². The normalized spacial score (nSPS) is 19.6. The zero-order chi connectivity index (χ0) is 24.6. The minimum atomic E-state index is -3.29. The molecule has 5 rings (SSSR count). The maximum absolute atomic E-state index is 12.2. The second kappa shape index (κ2) is 9.19. The number of hydrogen-bond donors (Lipinski definition) is 1. The number of carbonyl (C=O) groups is 1. The first-order chi connectivity index (χ1) is 16.8. The van der Waals surface area contributed by atoms with Gasteiger partial charge in [-0.1, -0.05) is 19.3 Å². The van der Waals surface area contributed by atoms with Gasteiger partial charge < -0.3 is 9.84 Å². The first-order valence-electron chi connectivity index (χ1n) is 11.9. The summed E-state index contributed by atoms with van der Waals surface area (Å²) in [5, 5.41) is 15.1. The fourth-order valence-electron chi connectivity index (χ4n) is 5.30. The highest BCUT2D eigenvalue weighted by molar-refractivity contribution is 7.90. The molecule has 2 fully saturated rings. The second-order valence-electron chi connectivity index (χ2n) is 9.44. The number of rotatable bonds is 6. The summed E-state index contributed by atoms with van der Waals surface area (Å²) in [7, 11) is -3.29. The molecule has 10 nitrogen and oxygen atoms in total. The summed E-state index contributed by atoms with van der Waals surface area (Å²) < 4.78 is 31.4. The van der Waals surface area contributed by atoms with Crippen molar-refractivity contribution in [1.82, 2.24) is 24.6 Å². The summed E-state index contributed by atoms with van der Waals surface area (Å²) in [4.78, 5) is 23.2. The molecule has 11 heteroatoms. The van der Waals surface area contributed by atoms with E-state index in [1.807, 2.05) is 0 Å². The third kappa shape index (κ3) is 4.50. The number of nitrogens with zero attached hydrogens (tertiary/aromatic N) is 5. The van der Waals surface area contributed by atoms with Crippen LogP contribution < -0.4 is 4.74 Å². The van der Waals surface area contributed by atoms with Crippen molar-refractivity contribution in [3.05, 3.63) is 36.8 Å². The number of aromatic nitrogens is 4. The van der Waals surface area contributed by atoms with Gasteiger partial charge in [0.2, 0.25) is 5.88 Å². The van der Waals surface area contributed by atoms with Gasteiger partial charge in [-0.2, -0.15) is 5.10 Å². The van der Waals surface area contributed by atoms with Crippen LogP contribution in [0.25, 0.3) is 16.7 Å². The molecule has 3 heterocycles. The van der Waals surface area contributed by atoms with Gasteiger partial charge in [0, 0.05) is 19.3 Å². The SMILES string of the molecule is CS(=O)(=O)c1ccc(-n2ncc3c(OC4CCN(C5(C(=O)O)CCCCC5)CC4)ncnc32)cc1. The van der Waals surface area contributed by atoms with E-state index in [1.54, 1.807) is 35.1 Å². The largest absolute Gasteiger partial charge is 0.480 e. The molecular formula is C24H29N5O5S.